The van der Waals surface area contributed by atoms with Crippen LogP contribution >= 0.6 is 27.3 Å². The molecule has 0 saturated carbocycles. The van der Waals surface area contributed by atoms with Gasteiger partial charge < -0.3 is 9.72 Å². The van der Waals surface area contributed by atoms with Gasteiger partial charge in [-0.2, -0.15) is 0 Å². The van der Waals surface area contributed by atoms with Gasteiger partial charge >= 0.3 is 0 Å². The van der Waals surface area contributed by atoms with Crippen molar-refractivity contribution in [3.63, 3.8) is 0 Å². The first-order valence-corrected chi connectivity index (χ1v) is 5.59. The minimum absolute atomic E-state index is 0. The molecule has 0 aliphatic heterocycles. The van der Waals surface area contributed by atoms with E-state index in [0.29, 0.717) is 0 Å². The molecule has 5 heteroatoms. The Hall–Kier alpha value is -0.221. The monoisotopic (exact) mass is 461 g/mol. The van der Waals surface area contributed by atoms with Crippen molar-refractivity contribution in [2.45, 2.75) is 0 Å². The molecular weight excluding hydrogens is 454 g/mol. The van der Waals surface area contributed by atoms with Gasteiger partial charge in [0.2, 0.25) is 0 Å². The van der Waals surface area contributed by atoms with E-state index < -0.39 is 0 Å². The Balaban J connectivity index is 0.00000112. The summed E-state index contributed by atoms with van der Waals surface area (Å²) in [7, 11) is 1.63. The van der Waals surface area contributed by atoms with Gasteiger partial charge in [-0.3, -0.25) is 0 Å². The molecule has 1 radical (unpaired) electrons. The largest absolute Gasteiger partial charge is 0.521 e. The van der Waals surface area contributed by atoms with Crippen molar-refractivity contribution in [1.29, 1.82) is 0 Å². The zero-order chi connectivity index (χ0) is 9.97. The van der Waals surface area contributed by atoms with E-state index in [0.717, 1.165) is 20.1 Å². The smallest absolute Gasteiger partial charge is 0.0744 e. The third-order valence-corrected chi connectivity index (χ3v) is 3.42. The fourth-order valence-corrected chi connectivity index (χ4v) is 2.58. The molecule has 0 bridgehead atoms. The molecule has 15 heavy (non-hydrogen) atoms. The van der Waals surface area contributed by atoms with Crippen LogP contribution in [0.25, 0.3) is 10.6 Å². The summed E-state index contributed by atoms with van der Waals surface area (Å²) in [5.74, 6) is 0.732. The third kappa shape index (κ3) is 2.88. The molecule has 2 heterocycles. The molecule has 0 fully saturated rings. The SMILES string of the molecule is COc1[c-]c(-c2ccccn2)sc1Br.[Ir]. The van der Waals surface area contributed by atoms with Gasteiger partial charge in [-0.1, -0.05) is 17.0 Å². The second-order valence-electron chi connectivity index (χ2n) is 2.58. The summed E-state index contributed by atoms with van der Waals surface area (Å²) in [6.45, 7) is 0. The van der Waals surface area contributed by atoms with Gasteiger partial charge in [0, 0.05) is 35.8 Å². The third-order valence-electron chi connectivity index (χ3n) is 1.70. The van der Waals surface area contributed by atoms with Gasteiger partial charge in [0.15, 0.2) is 0 Å². The molecule has 0 aliphatic carbocycles. The van der Waals surface area contributed by atoms with E-state index in [2.05, 4.69) is 27.0 Å². The summed E-state index contributed by atoms with van der Waals surface area (Å²) in [4.78, 5) is 5.22. The van der Waals surface area contributed by atoms with Gasteiger partial charge in [-0.15, -0.1) is 22.0 Å². The first-order valence-electron chi connectivity index (χ1n) is 3.98. The quantitative estimate of drug-likeness (QED) is 0.640. The number of nitrogens with zero attached hydrogens (tertiary/aromatic N) is 1. The van der Waals surface area contributed by atoms with E-state index >= 15 is 0 Å². The Morgan fingerprint density at radius 1 is 1.47 bits per heavy atom. The second kappa shape index (κ2) is 5.75. The van der Waals surface area contributed by atoms with Crippen molar-refractivity contribution in [2.24, 2.45) is 0 Å². The van der Waals surface area contributed by atoms with Crippen LogP contribution in [0.3, 0.4) is 0 Å². The first-order chi connectivity index (χ1) is 6.81. The predicted octanol–water partition coefficient (Wildman–Crippen LogP) is 3.38. The van der Waals surface area contributed by atoms with Gasteiger partial charge in [-0.05, 0) is 11.8 Å². The van der Waals surface area contributed by atoms with E-state index in [-0.39, 0.29) is 20.1 Å². The molecule has 0 atom stereocenters. The van der Waals surface area contributed by atoms with Crippen molar-refractivity contribution >= 4 is 27.3 Å². The summed E-state index contributed by atoms with van der Waals surface area (Å²) >= 11 is 4.97. The van der Waals surface area contributed by atoms with E-state index in [1.165, 1.54) is 0 Å². The Morgan fingerprint density at radius 2 is 2.27 bits per heavy atom. The maximum absolute atomic E-state index is 5.13. The number of halogens is 1. The topological polar surface area (TPSA) is 22.1 Å². The summed E-state index contributed by atoms with van der Waals surface area (Å²) in [6, 6.07) is 8.93. The molecule has 0 amide bonds. The van der Waals surface area contributed by atoms with Crippen LogP contribution in [0.15, 0.2) is 28.2 Å². The van der Waals surface area contributed by atoms with Crippen LogP contribution in [-0.4, -0.2) is 12.1 Å². The minimum atomic E-state index is 0. The summed E-state index contributed by atoms with van der Waals surface area (Å²) in [5.41, 5.74) is 0.918. The molecule has 0 aromatic carbocycles. The number of thiophene rings is 1. The fourth-order valence-electron chi connectivity index (χ4n) is 1.06. The number of methoxy groups -OCH3 is 1. The average molecular weight is 461 g/mol. The van der Waals surface area contributed by atoms with Crippen molar-refractivity contribution in [2.75, 3.05) is 7.11 Å². The number of hydrogen-bond donors (Lipinski definition) is 0. The molecule has 0 saturated heterocycles. The van der Waals surface area contributed by atoms with Gasteiger partial charge in [0.25, 0.3) is 0 Å². The van der Waals surface area contributed by atoms with Crippen LogP contribution in [0.2, 0.25) is 0 Å². The molecule has 2 nitrogen and oxygen atoms in total. The van der Waals surface area contributed by atoms with Crippen LogP contribution in [0, 0.1) is 6.07 Å². The van der Waals surface area contributed by atoms with Crippen LogP contribution in [0.5, 0.6) is 5.75 Å². The number of hydrogen-bond acceptors (Lipinski definition) is 3. The van der Waals surface area contributed by atoms with Crippen LogP contribution in [-0.2, 0) is 20.1 Å². The number of pyridine rings is 1. The minimum Gasteiger partial charge on any atom is -0.521 e. The number of ether oxygens (including phenoxy) is 1. The Morgan fingerprint density at radius 3 is 2.80 bits per heavy atom. The molecule has 81 valence electrons. The van der Waals surface area contributed by atoms with Crippen molar-refractivity contribution in [1.82, 2.24) is 4.98 Å². The molecule has 2 aromatic rings. The van der Waals surface area contributed by atoms with Gasteiger partial charge in [0.1, 0.15) is 0 Å². The predicted molar refractivity (Wildman–Crippen MR) is 60.6 cm³/mol. The maximum Gasteiger partial charge on any atom is 0.0744 e. The standard InChI is InChI=1S/C10H7BrNOS.Ir/c1-13-8-6-9(14-10(8)11)7-4-2-3-5-12-7;/h2-5H,1H3;/q-1;. The Bertz CT molecular complexity index is 432. The van der Waals surface area contributed by atoms with E-state index in [4.69, 9.17) is 4.74 Å². The molecular formula is C10H7BrIrNOS-. The number of aromatic nitrogens is 1. The summed E-state index contributed by atoms with van der Waals surface area (Å²) in [5, 5.41) is 0. The van der Waals surface area contributed by atoms with Crippen LogP contribution in [0.4, 0.5) is 0 Å². The van der Waals surface area contributed by atoms with Crippen molar-refractivity contribution < 1.29 is 24.8 Å². The molecule has 2 rings (SSSR count). The summed E-state index contributed by atoms with van der Waals surface area (Å²) in [6.07, 6.45) is 1.77. The molecule has 0 aliphatic rings. The van der Waals surface area contributed by atoms with E-state index in [1.807, 2.05) is 18.2 Å². The Labute approximate surface area is 114 Å². The van der Waals surface area contributed by atoms with Gasteiger partial charge in [-0.25, -0.2) is 11.3 Å². The fraction of sp³-hybridized carbons (Fsp3) is 0.100. The van der Waals surface area contributed by atoms with Crippen LogP contribution in [0.1, 0.15) is 0 Å². The second-order valence-corrected chi connectivity index (χ2v) is 4.92. The first kappa shape index (κ1) is 12.8. The molecule has 2 aromatic heterocycles. The average Bonchev–Trinajstić information content (AvgIpc) is 2.61. The van der Waals surface area contributed by atoms with Crippen molar-refractivity contribution in [3.8, 4) is 16.3 Å². The normalized spacial score (nSPS) is 9.47. The number of rotatable bonds is 2. The Kier molecular flexibility index (Phi) is 4.93. The maximum atomic E-state index is 5.13. The summed E-state index contributed by atoms with van der Waals surface area (Å²) < 4.78 is 6.07. The molecule has 0 spiro atoms. The van der Waals surface area contributed by atoms with Crippen molar-refractivity contribution in [3.05, 3.63) is 34.2 Å². The zero-order valence-electron chi connectivity index (χ0n) is 7.78. The van der Waals surface area contributed by atoms with E-state index in [1.54, 1.807) is 24.6 Å². The van der Waals surface area contributed by atoms with Gasteiger partial charge in [0.05, 0.1) is 7.11 Å². The zero-order valence-corrected chi connectivity index (χ0v) is 12.6. The molecule has 0 N–H and O–H groups in total. The van der Waals surface area contributed by atoms with E-state index in [9.17, 15) is 0 Å². The molecule has 0 unspecified atom stereocenters. The van der Waals surface area contributed by atoms with Crippen LogP contribution < -0.4 is 4.74 Å².